The molecule has 0 atom stereocenters. The minimum absolute atomic E-state index is 0.0309. The Morgan fingerprint density at radius 2 is 2.14 bits per heavy atom. The lowest BCUT2D eigenvalue weighted by atomic mass is 10.0. The van der Waals surface area contributed by atoms with E-state index in [1.807, 2.05) is 24.3 Å². The number of rotatable bonds is 6. The molecule has 0 radical (unpaired) electrons. The monoisotopic (exact) mass is 411 g/mol. The lowest BCUT2D eigenvalue weighted by molar-refractivity contribution is -0.136. The zero-order chi connectivity index (χ0) is 20.8. The summed E-state index contributed by atoms with van der Waals surface area (Å²) in [6.07, 6.45) is 3.65. The van der Waals surface area contributed by atoms with Crippen LogP contribution in [-0.4, -0.2) is 44.1 Å². The molecule has 150 valence electrons. The number of nitriles is 1. The molecule has 29 heavy (non-hydrogen) atoms. The first-order valence-electron chi connectivity index (χ1n) is 9.00. The van der Waals surface area contributed by atoms with Gasteiger partial charge in [-0.1, -0.05) is 18.2 Å². The van der Waals surface area contributed by atoms with Gasteiger partial charge in [-0.05, 0) is 24.1 Å². The van der Waals surface area contributed by atoms with E-state index in [1.165, 1.54) is 24.5 Å². The van der Waals surface area contributed by atoms with E-state index in [2.05, 4.69) is 11.4 Å². The van der Waals surface area contributed by atoms with Crippen molar-refractivity contribution >= 4 is 34.2 Å². The Hall–Kier alpha value is -3.15. The zero-order valence-electron chi connectivity index (χ0n) is 16.2. The van der Waals surface area contributed by atoms with E-state index in [4.69, 9.17) is 9.47 Å². The van der Waals surface area contributed by atoms with Crippen LogP contribution in [0.1, 0.15) is 21.6 Å². The topological polar surface area (TPSA) is 91.7 Å². The normalized spacial score (nSPS) is 13.1. The molecule has 0 saturated carbocycles. The number of nitrogens with zero attached hydrogens (tertiary/aromatic N) is 2. The Kier molecular flexibility index (Phi) is 6.65. The average Bonchev–Trinajstić information content (AvgIpc) is 3.08. The number of methoxy groups -OCH3 is 2. The molecule has 1 N–H and O–H groups in total. The highest BCUT2D eigenvalue weighted by atomic mass is 32.1. The lowest BCUT2D eigenvalue weighted by Crippen LogP contribution is -2.37. The lowest BCUT2D eigenvalue weighted by Gasteiger charge is -2.26. The summed E-state index contributed by atoms with van der Waals surface area (Å²) >= 11 is 1.34. The maximum absolute atomic E-state index is 12.4. The fourth-order valence-corrected chi connectivity index (χ4v) is 4.38. The van der Waals surface area contributed by atoms with E-state index in [0.717, 1.165) is 16.0 Å². The van der Waals surface area contributed by atoms with Gasteiger partial charge in [0.2, 0.25) is 11.8 Å². The molecule has 1 aromatic carbocycles. The predicted molar refractivity (Wildman–Crippen MR) is 111 cm³/mol. The largest absolute Gasteiger partial charge is 0.496 e. The molecule has 2 aromatic rings. The minimum Gasteiger partial charge on any atom is -0.496 e. The molecule has 8 heteroatoms. The van der Waals surface area contributed by atoms with Crippen molar-refractivity contribution in [3.8, 4) is 11.8 Å². The molecule has 0 spiro atoms. The molecule has 0 unspecified atom stereocenters. The van der Waals surface area contributed by atoms with Crippen molar-refractivity contribution in [2.75, 3.05) is 32.7 Å². The van der Waals surface area contributed by atoms with E-state index in [9.17, 15) is 14.9 Å². The molecule has 0 bridgehead atoms. The van der Waals surface area contributed by atoms with Crippen molar-refractivity contribution in [3.05, 3.63) is 51.9 Å². The maximum atomic E-state index is 12.4. The van der Waals surface area contributed by atoms with Gasteiger partial charge < -0.3 is 19.7 Å². The summed E-state index contributed by atoms with van der Waals surface area (Å²) in [6.45, 7) is 0.981. The van der Waals surface area contributed by atoms with Gasteiger partial charge in [-0.25, -0.2) is 0 Å². The van der Waals surface area contributed by atoms with Gasteiger partial charge in [0.05, 0.1) is 19.2 Å². The Labute approximate surface area is 173 Å². The highest BCUT2D eigenvalue weighted by Crippen LogP contribution is 2.36. The summed E-state index contributed by atoms with van der Waals surface area (Å²) in [5.41, 5.74) is 2.16. The third kappa shape index (κ3) is 4.65. The number of anilines is 1. The van der Waals surface area contributed by atoms with Gasteiger partial charge in [-0.15, -0.1) is 11.3 Å². The molecule has 0 aliphatic carbocycles. The van der Waals surface area contributed by atoms with Crippen LogP contribution in [0.4, 0.5) is 5.00 Å². The van der Waals surface area contributed by atoms with E-state index in [1.54, 1.807) is 18.1 Å². The van der Waals surface area contributed by atoms with E-state index >= 15 is 0 Å². The number of hydrogen-bond donors (Lipinski definition) is 1. The van der Waals surface area contributed by atoms with Crippen molar-refractivity contribution < 1.29 is 19.1 Å². The number of fused-ring (bicyclic) bond motifs is 1. The SMILES string of the molecule is COCC(=O)N1CCc2c(sc(NC(=O)/C=C/c3ccccc3OC)c2C#N)C1. The second kappa shape index (κ2) is 9.37. The van der Waals surface area contributed by atoms with Gasteiger partial charge >= 0.3 is 0 Å². The highest BCUT2D eigenvalue weighted by molar-refractivity contribution is 7.16. The van der Waals surface area contributed by atoms with Crippen molar-refractivity contribution in [1.29, 1.82) is 5.26 Å². The number of thiophene rings is 1. The second-order valence-electron chi connectivity index (χ2n) is 6.38. The van der Waals surface area contributed by atoms with E-state index < -0.39 is 0 Å². The fraction of sp³-hybridized carbons (Fsp3) is 0.286. The first-order chi connectivity index (χ1) is 14.1. The van der Waals surface area contributed by atoms with Gasteiger partial charge in [-0.2, -0.15) is 5.26 Å². The van der Waals surface area contributed by atoms with Gasteiger partial charge in [0, 0.05) is 30.2 Å². The minimum atomic E-state index is -0.335. The molecule has 1 aliphatic rings. The Balaban J connectivity index is 1.75. The molecule has 0 saturated heterocycles. The molecule has 0 fully saturated rings. The summed E-state index contributed by atoms with van der Waals surface area (Å²) in [6, 6.07) is 9.57. The smallest absolute Gasteiger partial charge is 0.249 e. The Morgan fingerprint density at radius 3 is 2.86 bits per heavy atom. The fourth-order valence-electron chi connectivity index (χ4n) is 3.16. The molecule has 2 heterocycles. The summed E-state index contributed by atoms with van der Waals surface area (Å²) < 4.78 is 10.2. The third-order valence-corrected chi connectivity index (χ3v) is 5.71. The van der Waals surface area contributed by atoms with Crippen LogP contribution in [0.15, 0.2) is 30.3 Å². The summed E-state index contributed by atoms with van der Waals surface area (Å²) in [5.74, 6) is 0.246. The van der Waals surface area contributed by atoms with Crippen LogP contribution in [0.3, 0.4) is 0 Å². The predicted octanol–water partition coefficient (Wildman–Crippen LogP) is 2.81. The molecule has 3 rings (SSSR count). The summed E-state index contributed by atoms with van der Waals surface area (Å²) in [7, 11) is 3.06. The number of para-hydroxylation sites is 1. The van der Waals surface area contributed by atoms with Gasteiger partial charge in [0.25, 0.3) is 0 Å². The van der Waals surface area contributed by atoms with Crippen LogP contribution in [0.5, 0.6) is 5.75 Å². The van der Waals surface area contributed by atoms with Crippen LogP contribution < -0.4 is 10.1 Å². The van der Waals surface area contributed by atoms with Gasteiger partial charge in [-0.3, -0.25) is 9.59 Å². The third-order valence-electron chi connectivity index (χ3n) is 4.58. The summed E-state index contributed by atoms with van der Waals surface area (Å²) in [5, 5.41) is 12.9. The Bertz CT molecular complexity index is 990. The molecule has 2 amide bonds. The quantitative estimate of drug-likeness (QED) is 0.738. The molecular formula is C21H21N3O4S. The molecular weight excluding hydrogens is 390 g/mol. The van der Waals surface area contributed by atoms with E-state index in [0.29, 0.717) is 35.8 Å². The highest BCUT2D eigenvalue weighted by Gasteiger charge is 2.27. The second-order valence-corrected chi connectivity index (χ2v) is 7.49. The number of nitrogens with one attached hydrogen (secondary N) is 1. The standard InChI is InChI=1S/C21H21N3O4S/c1-27-13-20(26)24-10-9-15-16(11-22)21(29-18(15)12-24)23-19(25)8-7-14-5-3-4-6-17(14)28-2/h3-8H,9-10,12-13H2,1-2H3,(H,23,25)/b8-7+. The molecule has 7 nitrogen and oxygen atoms in total. The number of benzene rings is 1. The first-order valence-corrected chi connectivity index (χ1v) is 9.82. The average molecular weight is 411 g/mol. The van der Waals surface area contributed by atoms with Crippen molar-refractivity contribution in [2.24, 2.45) is 0 Å². The number of hydrogen-bond acceptors (Lipinski definition) is 6. The van der Waals surface area contributed by atoms with Crippen molar-refractivity contribution in [3.63, 3.8) is 0 Å². The van der Waals surface area contributed by atoms with Crippen LogP contribution in [-0.2, 0) is 27.3 Å². The number of carbonyl (C=O) groups excluding carboxylic acids is 2. The van der Waals surface area contributed by atoms with Crippen LogP contribution >= 0.6 is 11.3 Å². The van der Waals surface area contributed by atoms with Crippen molar-refractivity contribution in [2.45, 2.75) is 13.0 Å². The summed E-state index contributed by atoms with van der Waals surface area (Å²) in [4.78, 5) is 27.1. The number of amides is 2. The van der Waals surface area contributed by atoms with Crippen LogP contribution in [0.2, 0.25) is 0 Å². The van der Waals surface area contributed by atoms with Crippen molar-refractivity contribution in [1.82, 2.24) is 4.90 Å². The molecule has 1 aromatic heterocycles. The Morgan fingerprint density at radius 1 is 1.34 bits per heavy atom. The first kappa shape index (κ1) is 20.6. The number of carbonyl (C=O) groups is 2. The van der Waals surface area contributed by atoms with E-state index in [-0.39, 0.29) is 18.4 Å². The maximum Gasteiger partial charge on any atom is 0.249 e. The molecule has 1 aliphatic heterocycles. The van der Waals surface area contributed by atoms with Crippen LogP contribution in [0.25, 0.3) is 6.08 Å². The van der Waals surface area contributed by atoms with Crippen LogP contribution in [0, 0.1) is 11.3 Å². The zero-order valence-corrected chi connectivity index (χ0v) is 17.0. The number of ether oxygens (including phenoxy) is 2. The van der Waals surface area contributed by atoms with Gasteiger partial charge in [0.15, 0.2) is 0 Å². The van der Waals surface area contributed by atoms with Gasteiger partial charge in [0.1, 0.15) is 23.4 Å².